The maximum absolute atomic E-state index is 8.94. The van der Waals surface area contributed by atoms with Crippen LogP contribution in [0.25, 0.3) is 0 Å². The summed E-state index contributed by atoms with van der Waals surface area (Å²) >= 11 is 0. The van der Waals surface area contributed by atoms with Gasteiger partial charge in [0.25, 0.3) is 0 Å². The second kappa shape index (κ2) is 11.5. The molecule has 2 aliphatic rings. The second-order valence-corrected chi connectivity index (χ2v) is 9.14. The van der Waals surface area contributed by atoms with Crippen LogP contribution in [0.3, 0.4) is 0 Å². The molecule has 8 nitrogen and oxygen atoms in total. The van der Waals surface area contributed by atoms with E-state index in [1.54, 1.807) is 5.92 Å². The lowest BCUT2D eigenvalue weighted by Crippen LogP contribution is -2.24. The number of ether oxygens (including phenoxy) is 1. The SMILES string of the molecule is C#CC=O.CN1CC2CC(Nc3ncnc(N)c3C(=N)c3ccc(Oc4ccccc4)cc3)CC2C1. The summed E-state index contributed by atoms with van der Waals surface area (Å²) in [6, 6.07) is 17.4. The van der Waals surface area contributed by atoms with Crippen LogP contribution in [0.4, 0.5) is 11.6 Å². The Balaban J connectivity index is 0.000000709. The lowest BCUT2D eigenvalue weighted by Gasteiger charge is -2.19. The van der Waals surface area contributed by atoms with Crippen LogP contribution >= 0.6 is 0 Å². The Morgan fingerprint density at radius 1 is 1.11 bits per heavy atom. The highest BCUT2D eigenvalue weighted by atomic mass is 16.5. The number of benzene rings is 2. The van der Waals surface area contributed by atoms with E-state index in [2.05, 4.69) is 33.7 Å². The molecule has 0 amide bonds. The number of anilines is 2. The van der Waals surface area contributed by atoms with E-state index in [1.165, 1.54) is 6.33 Å². The first kappa shape index (κ1) is 24.9. The first-order valence-corrected chi connectivity index (χ1v) is 11.9. The van der Waals surface area contributed by atoms with Crippen LogP contribution in [-0.2, 0) is 4.79 Å². The second-order valence-electron chi connectivity index (χ2n) is 9.14. The fraction of sp³-hybridized carbons (Fsp3) is 0.286. The van der Waals surface area contributed by atoms with Crippen LogP contribution in [0.2, 0.25) is 0 Å². The highest BCUT2D eigenvalue weighted by Crippen LogP contribution is 2.39. The number of hydrogen-bond donors (Lipinski definition) is 3. The number of nitrogen functional groups attached to an aromatic ring is 1. The summed E-state index contributed by atoms with van der Waals surface area (Å²) in [5.41, 5.74) is 7.80. The van der Waals surface area contributed by atoms with E-state index in [1.807, 2.05) is 54.6 Å². The zero-order chi connectivity index (χ0) is 25.5. The van der Waals surface area contributed by atoms with Gasteiger partial charge < -0.3 is 20.7 Å². The molecule has 1 saturated heterocycles. The van der Waals surface area contributed by atoms with Crippen LogP contribution in [0.5, 0.6) is 11.5 Å². The van der Waals surface area contributed by atoms with Crippen molar-refractivity contribution in [2.24, 2.45) is 11.8 Å². The molecule has 2 fully saturated rings. The summed E-state index contributed by atoms with van der Waals surface area (Å²) in [4.78, 5) is 20.0. The minimum absolute atomic E-state index is 0.301. The molecule has 0 bridgehead atoms. The van der Waals surface area contributed by atoms with E-state index in [-0.39, 0.29) is 0 Å². The number of carbonyl (C=O) groups is 1. The topological polar surface area (TPSA) is 117 Å². The number of para-hydroxylation sites is 1. The quantitative estimate of drug-likeness (QED) is 0.278. The zero-order valence-electron chi connectivity index (χ0n) is 20.2. The van der Waals surface area contributed by atoms with Crippen LogP contribution in [-0.4, -0.2) is 53.0 Å². The standard InChI is InChI=1S/C25H28N6O.C3H2O/c1-31-13-17-11-19(12-18(17)14-31)30-25-22(24(27)28-15-29-25)23(26)16-7-9-21(10-8-16)32-20-5-3-2-4-6-20;1-2-3-4/h2-10,15,17-19,26H,11-14H2,1H3,(H3,27,28,29,30);1,3H. The van der Waals surface area contributed by atoms with Gasteiger partial charge in [-0.1, -0.05) is 18.2 Å². The Morgan fingerprint density at radius 2 is 1.72 bits per heavy atom. The summed E-state index contributed by atoms with van der Waals surface area (Å²) in [6.45, 7) is 2.32. The lowest BCUT2D eigenvalue weighted by atomic mass is 10.0. The van der Waals surface area contributed by atoms with Crippen LogP contribution < -0.4 is 15.8 Å². The van der Waals surface area contributed by atoms with E-state index < -0.39 is 0 Å². The average Bonchev–Trinajstić information content (AvgIpc) is 3.41. The van der Waals surface area contributed by atoms with Crippen molar-refractivity contribution in [3.8, 4) is 23.8 Å². The third-order valence-electron chi connectivity index (χ3n) is 6.59. The van der Waals surface area contributed by atoms with E-state index >= 15 is 0 Å². The maximum Gasteiger partial charge on any atom is 0.192 e. The Labute approximate surface area is 211 Å². The molecule has 0 radical (unpaired) electrons. The average molecular weight is 483 g/mol. The number of terminal acetylenes is 1. The molecule has 1 aromatic heterocycles. The molecule has 2 heterocycles. The Bertz CT molecular complexity index is 1230. The number of aldehydes is 1. The molecule has 8 heteroatoms. The summed E-state index contributed by atoms with van der Waals surface area (Å²) < 4.78 is 5.86. The number of hydrogen-bond acceptors (Lipinski definition) is 8. The molecule has 1 saturated carbocycles. The Hall–Kier alpha value is -4.22. The Kier molecular flexibility index (Phi) is 7.93. The van der Waals surface area contributed by atoms with Crippen molar-refractivity contribution < 1.29 is 9.53 Å². The number of aromatic nitrogens is 2. The van der Waals surface area contributed by atoms with Gasteiger partial charge in [-0.3, -0.25) is 10.2 Å². The van der Waals surface area contributed by atoms with Gasteiger partial charge in [0.05, 0.1) is 11.3 Å². The number of nitrogens with zero attached hydrogens (tertiary/aromatic N) is 3. The van der Waals surface area contributed by atoms with Gasteiger partial charge >= 0.3 is 0 Å². The van der Waals surface area contributed by atoms with E-state index in [0.717, 1.165) is 49.1 Å². The predicted molar refractivity (Wildman–Crippen MR) is 141 cm³/mol. The maximum atomic E-state index is 8.94. The molecular formula is C28H30N6O2. The molecule has 184 valence electrons. The third kappa shape index (κ3) is 5.88. The molecule has 0 spiro atoms. The summed E-state index contributed by atoms with van der Waals surface area (Å²) in [6.07, 6.45) is 8.52. The fourth-order valence-electron chi connectivity index (χ4n) is 5.06. The summed E-state index contributed by atoms with van der Waals surface area (Å²) in [5.74, 6) is 5.66. The lowest BCUT2D eigenvalue weighted by molar-refractivity contribution is -0.103. The van der Waals surface area contributed by atoms with Crippen molar-refractivity contribution in [3.63, 3.8) is 0 Å². The van der Waals surface area contributed by atoms with Gasteiger partial charge in [0.1, 0.15) is 29.5 Å². The number of nitrogens with one attached hydrogen (secondary N) is 2. The van der Waals surface area contributed by atoms with Gasteiger partial charge in [-0.25, -0.2) is 9.97 Å². The minimum Gasteiger partial charge on any atom is -0.457 e. The van der Waals surface area contributed by atoms with Gasteiger partial charge in [-0.15, -0.1) is 6.42 Å². The highest BCUT2D eigenvalue weighted by molar-refractivity contribution is 6.16. The molecule has 2 atom stereocenters. The van der Waals surface area contributed by atoms with Crippen molar-refractivity contribution in [3.05, 3.63) is 72.1 Å². The van der Waals surface area contributed by atoms with E-state index in [4.69, 9.17) is 20.7 Å². The van der Waals surface area contributed by atoms with Crippen LogP contribution in [0.15, 0.2) is 60.9 Å². The first-order valence-electron chi connectivity index (χ1n) is 11.9. The monoisotopic (exact) mass is 482 g/mol. The molecular weight excluding hydrogens is 452 g/mol. The fourth-order valence-corrected chi connectivity index (χ4v) is 5.06. The van der Waals surface area contributed by atoms with Gasteiger partial charge in [0.15, 0.2) is 6.29 Å². The van der Waals surface area contributed by atoms with Gasteiger partial charge in [-0.05, 0) is 74.0 Å². The zero-order valence-corrected chi connectivity index (χ0v) is 20.2. The molecule has 36 heavy (non-hydrogen) atoms. The van der Waals surface area contributed by atoms with Crippen molar-refractivity contribution >= 4 is 23.6 Å². The van der Waals surface area contributed by atoms with Gasteiger partial charge in [-0.2, -0.15) is 0 Å². The molecule has 5 rings (SSSR count). The summed E-state index contributed by atoms with van der Waals surface area (Å²) in [7, 11) is 2.20. The molecule has 1 aliphatic heterocycles. The van der Waals surface area contributed by atoms with E-state index in [9.17, 15) is 0 Å². The van der Waals surface area contributed by atoms with Gasteiger partial charge in [0.2, 0.25) is 0 Å². The Morgan fingerprint density at radius 3 is 2.33 bits per heavy atom. The smallest absolute Gasteiger partial charge is 0.192 e. The van der Waals surface area contributed by atoms with Crippen LogP contribution in [0, 0.1) is 29.6 Å². The molecule has 4 N–H and O–H groups in total. The van der Waals surface area contributed by atoms with Crippen molar-refractivity contribution in [1.29, 1.82) is 5.41 Å². The third-order valence-corrected chi connectivity index (χ3v) is 6.59. The molecule has 2 unspecified atom stereocenters. The van der Waals surface area contributed by atoms with Crippen molar-refractivity contribution in [2.45, 2.75) is 18.9 Å². The van der Waals surface area contributed by atoms with Gasteiger partial charge in [0, 0.05) is 24.7 Å². The predicted octanol–water partition coefficient (Wildman–Crippen LogP) is 3.84. The largest absolute Gasteiger partial charge is 0.457 e. The minimum atomic E-state index is 0.301. The normalized spacial score (nSPS) is 20.4. The first-order chi connectivity index (χ1) is 17.5. The van der Waals surface area contributed by atoms with Crippen molar-refractivity contribution in [2.75, 3.05) is 31.2 Å². The number of likely N-dealkylation sites (tertiary alicyclic amines) is 1. The molecule has 2 aromatic carbocycles. The molecule has 1 aliphatic carbocycles. The highest BCUT2D eigenvalue weighted by Gasteiger charge is 2.40. The number of rotatable bonds is 6. The van der Waals surface area contributed by atoms with Crippen molar-refractivity contribution in [1.82, 2.24) is 14.9 Å². The molecule has 3 aromatic rings. The number of fused-ring (bicyclic) bond motifs is 1. The summed E-state index contributed by atoms with van der Waals surface area (Å²) in [5, 5.41) is 12.4. The van der Waals surface area contributed by atoms with E-state index in [0.29, 0.717) is 41.0 Å². The van der Waals surface area contributed by atoms with Crippen LogP contribution in [0.1, 0.15) is 24.0 Å². The number of nitrogens with two attached hydrogens (primary N) is 1. The number of carbonyl (C=O) groups excluding carboxylic acids is 1.